The highest BCUT2D eigenvalue weighted by Crippen LogP contribution is 2.41. The molecule has 0 spiro atoms. The van der Waals surface area contributed by atoms with Crippen LogP contribution in [0.15, 0.2) is 48.5 Å². The van der Waals surface area contributed by atoms with Crippen LogP contribution in [0.5, 0.6) is 11.5 Å². The molecule has 118 valence electrons. The molecule has 0 aromatic heterocycles. The molecule has 0 aliphatic heterocycles. The van der Waals surface area contributed by atoms with E-state index in [0.717, 1.165) is 23.6 Å². The lowest BCUT2D eigenvalue weighted by Gasteiger charge is -2.11. The first-order chi connectivity index (χ1) is 10.3. The zero-order valence-electron chi connectivity index (χ0n) is 12.9. The fraction of sp³-hybridized carbons (Fsp3) is 0.333. The summed E-state index contributed by atoms with van der Waals surface area (Å²) in [5, 5.41) is 3.61. The third-order valence-corrected chi connectivity index (χ3v) is 4.06. The Kier molecular flexibility index (Phi) is 5.69. The molecule has 1 aliphatic rings. The van der Waals surface area contributed by atoms with Crippen molar-refractivity contribution in [2.45, 2.75) is 24.9 Å². The van der Waals surface area contributed by atoms with E-state index in [1.54, 1.807) is 14.2 Å². The first kappa shape index (κ1) is 16.7. The van der Waals surface area contributed by atoms with Gasteiger partial charge in [-0.05, 0) is 30.2 Å². The van der Waals surface area contributed by atoms with E-state index in [9.17, 15) is 0 Å². The van der Waals surface area contributed by atoms with Crippen molar-refractivity contribution in [1.82, 2.24) is 5.32 Å². The fourth-order valence-electron chi connectivity index (χ4n) is 2.75. The summed E-state index contributed by atoms with van der Waals surface area (Å²) >= 11 is 0. The summed E-state index contributed by atoms with van der Waals surface area (Å²) in [6, 6.07) is 17.2. The van der Waals surface area contributed by atoms with Gasteiger partial charge >= 0.3 is 0 Å². The minimum Gasteiger partial charge on any atom is -0.497 e. The topological polar surface area (TPSA) is 30.5 Å². The van der Waals surface area contributed by atoms with Crippen LogP contribution in [0, 0.1) is 0 Å². The summed E-state index contributed by atoms with van der Waals surface area (Å²) in [5.41, 5.74) is 2.56. The van der Waals surface area contributed by atoms with Gasteiger partial charge in [-0.15, -0.1) is 12.4 Å². The Bertz CT molecular complexity index is 603. The molecule has 1 N–H and O–H groups in total. The molecule has 1 fully saturated rings. The molecule has 0 heterocycles. The Balaban J connectivity index is 0.00000176. The fourth-order valence-corrected chi connectivity index (χ4v) is 2.75. The summed E-state index contributed by atoms with van der Waals surface area (Å²) in [7, 11) is 3.39. The number of rotatable bonds is 6. The maximum atomic E-state index is 5.41. The number of ether oxygens (including phenoxy) is 2. The molecule has 4 heteroatoms. The minimum atomic E-state index is 0. The van der Waals surface area contributed by atoms with Crippen molar-refractivity contribution < 1.29 is 9.47 Å². The first-order valence-electron chi connectivity index (χ1n) is 7.31. The zero-order valence-corrected chi connectivity index (χ0v) is 13.7. The van der Waals surface area contributed by atoms with Crippen LogP contribution in [-0.4, -0.2) is 20.3 Å². The van der Waals surface area contributed by atoms with Crippen molar-refractivity contribution in [1.29, 1.82) is 0 Å². The Labute approximate surface area is 138 Å². The molecule has 0 saturated heterocycles. The minimum absolute atomic E-state index is 0. The lowest BCUT2D eigenvalue weighted by molar-refractivity contribution is 0.397. The number of methoxy groups -OCH3 is 2. The van der Waals surface area contributed by atoms with Crippen molar-refractivity contribution in [2.24, 2.45) is 0 Å². The van der Waals surface area contributed by atoms with E-state index in [-0.39, 0.29) is 12.4 Å². The maximum absolute atomic E-state index is 5.41. The quantitative estimate of drug-likeness (QED) is 0.879. The first-order valence-corrected chi connectivity index (χ1v) is 7.31. The summed E-state index contributed by atoms with van der Waals surface area (Å²) < 4.78 is 10.7. The van der Waals surface area contributed by atoms with Gasteiger partial charge in [0.05, 0.1) is 14.2 Å². The van der Waals surface area contributed by atoms with Crippen LogP contribution in [0.4, 0.5) is 0 Å². The molecule has 22 heavy (non-hydrogen) atoms. The summed E-state index contributed by atoms with van der Waals surface area (Å²) in [6.45, 7) is 0.800. The Morgan fingerprint density at radius 3 is 2.50 bits per heavy atom. The van der Waals surface area contributed by atoms with Crippen LogP contribution in [0.1, 0.15) is 23.5 Å². The summed E-state index contributed by atoms with van der Waals surface area (Å²) in [5.74, 6) is 2.41. The van der Waals surface area contributed by atoms with Crippen LogP contribution in [-0.2, 0) is 6.54 Å². The molecule has 0 bridgehead atoms. The van der Waals surface area contributed by atoms with Crippen LogP contribution < -0.4 is 14.8 Å². The SMILES string of the molecule is COc1ccc(OC)c(CNC2CC2c2ccccc2)c1.Cl. The summed E-state index contributed by atoms with van der Waals surface area (Å²) in [6.07, 6.45) is 1.20. The predicted octanol–water partition coefficient (Wildman–Crippen LogP) is 3.77. The molecule has 2 aromatic rings. The van der Waals surface area contributed by atoms with E-state index in [4.69, 9.17) is 9.47 Å². The molecule has 3 nitrogen and oxygen atoms in total. The molecule has 2 unspecified atom stereocenters. The van der Waals surface area contributed by atoms with E-state index in [1.807, 2.05) is 18.2 Å². The Hall–Kier alpha value is -1.71. The Morgan fingerprint density at radius 1 is 1.05 bits per heavy atom. The highest BCUT2D eigenvalue weighted by molar-refractivity contribution is 5.85. The van der Waals surface area contributed by atoms with Gasteiger partial charge in [0.25, 0.3) is 0 Å². The van der Waals surface area contributed by atoms with Crippen molar-refractivity contribution in [3.8, 4) is 11.5 Å². The van der Waals surface area contributed by atoms with Gasteiger partial charge in [0, 0.05) is 24.1 Å². The largest absolute Gasteiger partial charge is 0.497 e. The van der Waals surface area contributed by atoms with E-state index in [0.29, 0.717) is 12.0 Å². The second kappa shape index (κ2) is 7.52. The van der Waals surface area contributed by atoms with E-state index in [1.165, 1.54) is 12.0 Å². The van der Waals surface area contributed by atoms with Crippen molar-refractivity contribution in [3.05, 3.63) is 59.7 Å². The average Bonchev–Trinajstić information content (AvgIpc) is 3.33. The van der Waals surface area contributed by atoms with E-state index in [2.05, 4.69) is 35.6 Å². The molecule has 3 rings (SSSR count). The molecule has 1 saturated carbocycles. The van der Waals surface area contributed by atoms with Gasteiger partial charge in [0.15, 0.2) is 0 Å². The average molecular weight is 320 g/mol. The molecule has 0 amide bonds. The maximum Gasteiger partial charge on any atom is 0.123 e. The number of nitrogens with one attached hydrogen (secondary N) is 1. The van der Waals surface area contributed by atoms with E-state index < -0.39 is 0 Å². The lowest BCUT2D eigenvalue weighted by Crippen LogP contribution is -2.17. The Morgan fingerprint density at radius 2 is 1.82 bits per heavy atom. The highest BCUT2D eigenvalue weighted by atomic mass is 35.5. The summed E-state index contributed by atoms with van der Waals surface area (Å²) in [4.78, 5) is 0. The smallest absolute Gasteiger partial charge is 0.123 e. The molecular weight excluding hydrogens is 298 g/mol. The molecule has 2 atom stereocenters. The lowest BCUT2D eigenvalue weighted by atomic mass is 10.1. The van der Waals surface area contributed by atoms with Gasteiger partial charge < -0.3 is 14.8 Å². The van der Waals surface area contributed by atoms with Crippen LogP contribution >= 0.6 is 12.4 Å². The second-order valence-electron chi connectivity index (χ2n) is 5.42. The van der Waals surface area contributed by atoms with Crippen LogP contribution in [0.25, 0.3) is 0 Å². The van der Waals surface area contributed by atoms with Crippen molar-refractivity contribution in [3.63, 3.8) is 0 Å². The van der Waals surface area contributed by atoms with Crippen LogP contribution in [0.3, 0.4) is 0 Å². The normalized spacial score (nSPS) is 19.2. The number of hydrogen-bond acceptors (Lipinski definition) is 3. The van der Waals surface area contributed by atoms with Gasteiger partial charge in [-0.25, -0.2) is 0 Å². The van der Waals surface area contributed by atoms with Gasteiger partial charge in [-0.2, -0.15) is 0 Å². The van der Waals surface area contributed by atoms with E-state index >= 15 is 0 Å². The standard InChI is InChI=1S/C18H21NO2.ClH/c1-20-15-8-9-18(21-2)14(10-15)12-19-17-11-16(17)13-6-4-3-5-7-13;/h3-10,16-17,19H,11-12H2,1-2H3;1H. The highest BCUT2D eigenvalue weighted by Gasteiger charge is 2.37. The third kappa shape index (κ3) is 3.73. The molecule has 0 radical (unpaired) electrons. The number of benzene rings is 2. The van der Waals surface area contributed by atoms with Gasteiger partial charge in [-0.1, -0.05) is 30.3 Å². The zero-order chi connectivity index (χ0) is 14.7. The van der Waals surface area contributed by atoms with Gasteiger partial charge in [-0.3, -0.25) is 0 Å². The van der Waals surface area contributed by atoms with Gasteiger partial charge in [0.1, 0.15) is 11.5 Å². The second-order valence-corrected chi connectivity index (χ2v) is 5.42. The molecule has 1 aliphatic carbocycles. The molecular formula is C18H22ClNO2. The van der Waals surface area contributed by atoms with Crippen LogP contribution in [0.2, 0.25) is 0 Å². The third-order valence-electron chi connectivity index (χ3n) is 4.06. The van der Waals surface area contributed by atoms with Gasteiger partial charge in [0.2, 0.25) is 0 Å². The number of hydrogen-bond donors (Lipinski definition) is 1. The monoisotopic (exact) mass is 319 g/mol. The van der Waals surface area contributed by atoms with Crippen molar-refractivity contribution in [2.75, 3.05) is 14.2 Å². The van der Waals surface area contributed by atoms with Crippen molar-refractivity contribution >= 4 is 12.4 Å². The molecule has 2 aromatic carbocycles. The predicted molar refractivity (Wildman–Crippen MR) is 91.2 cm³/mol. The number of halogens is 1.